The Hall–Kier alpha value is -0.800. The van der Waals surface area contributed by atoms with Crippen molar-refractivity contribution in [1.29, 1.82) is 0 Å². The van der Waals surface area contributed by atoms with Crippen molar-refractivity contribution in [2.45, 2.75) is 12.8 Å². The summed E-state index contributed by atoms with van der Waals surface area (Å²) in [5, 5.41) is 6.83. The lowest BCUT2D eigenvalue weighted by atomic mass is 10.00. The van der Waals surface area contributed by atoms with E-state index in [1.54, 1.807) is 12.1 Å². The summed E-state index contributed by atoms with van der Waals surface area (Å²) in [6.07, 6.45) is 2.48. The van der Waals surface area contributed by atoms with Crippen LogP contribution in [0.1, 0.15) is 12.8 Å². The lowest BCUT2D eigenvalue weighted by Crippen LogP contribution is -2.33. The molecule has 4 heteroatoms. The van der Waals surface area contributed by atoms with E-state index in [9.17, 15) is 4.39 Å². The van der Waals surface area contributed by atoms with Crippen LogP contribution in [0.3, 0.4) is 0 Å². The van der Waals surface area contributed by atoms with Gasteiger partial charge in [-0.05, 0) is 50.0 Å². The third-order valence-corrected chi connectivity index (χ3v) is 3.20. The van der Waals surface area contributed by atoms with Crippen molar-refractivity contribution in [3.63, 3.8) is 0 Å². The zero-order valence-electron chi connectivity index (χ0n) is 9.10. The van der Waals surface area contributed by atoms with Crippen molar-refractivity contribution < 1.29 is 4.39 Å². The number of hydrogen-bond acceptors (Lipinski definition) is 2. The molecule has 1 atom stereocenters. The molecule has 0 aromatic heterocycles. The Morgan fingerprint density at radius 2 is 2.38 bits per heavy atom. The molecule has 2 nitrogen and oxygen atoms in total. The lowest BCUT2D eigenvalue weighted by molar-refractivity contribution is 0.393. The number of hydrogen-bond donors (Lipinski definition) is 2. The topological polar surface area (TPSA) is 24.1 Å². The number of anilines is 1. The van der Waals surface area contributed by atoms with Gasteiger partial charge in [0, 0.05) is 12.2 Å². The van der Waals surface area contributed by atoms with Gasteiger partial charge in [-0.2, -0.15) is 0 Å². The third-order valence-electron chi connectivity index (χ3n) is 2.91. The van der Waals surface area contributed by atoms with Crippen LogP contribution in [0.25, 0.3) is 0 Å². The van der Waals surface area contributed by atoms with Crippen LogP contribution < -0.4 is 10.6 Å². The Labute approximate surface area is 100 Å². The maximum Gasteiger partial charge on any atom is 0.141 e. The summed E-state index contributed by atoms with van der Waals surface area (Å²) < 4.78 is 12.9. The fourth-order valence-corrected chi connectivity index (χ4v) is 2.15. The van der Waals surface area contributed by atoms with Crippen molar-refractivity contribution >= 4 is 17.3 Å². The van der Waals surface area contributed by atoms with Gasteiger partial charge >= 0.3 is 0 Å². The maximum atomic E-state index is 12.9. The monoisotopic (exact) mass is 242 g/mol. The minimum absolute atomic E-state index is 0.173. The molecule has 0 bridgehead atoms. The highest BCUT2D eigenvalue weighted by Gasteiger charge is 2.12. The molecule has 1 aromatic rings. The Morgan fingerprint density at radius 3 is 3.06 bits per heavy atom. The summed E-state index contributed by atoms with van der Waals surface area (Å²) >= 11 is 5.71. The normalized spacial score (nSPS) is 20.8. The minimum atomic E-state index is -0.369. The SMILES string of the molecule is Fc1ccc(NCC2CCCNC2)cc1Cl. The summed E-state index contributed by atoms with van der Waals surface area (Å²) in [6, 6.07) is 4.74. The summed E-state index contributed by atoms with van der Waals surface area (Å²) in [7, 11) is 0. The van der Waals surface area contributed by atoms with Gasteiger partial charge in [-0.3, -0.25) is 0 Å². The average Bonchev–Trinajstić information content (AvgIpc) is 2.32. The third kappa shape index (κ3) is 3.09. The van der Waals surface area contributed by atoms with E-state index in [0.29, 0.717) is 5.92 Å². The van der Waals surface area contributed by atoms with Crippen LogP contribution in [-0.4, -0.2) is 19.6 Å². The average molecular weight is 243 g/mol. The molecule has 0 radical (unpaired) electrons. The Bertz CT molecular complexity index is 351. The van der Waals surface area contributed by atoms with Crippen molar-refractivity contribution in [2.24, 2.45) is 5.92 Å². The molecule has 1 fully saturated rings. The van der Waals surface area contributed by atoms with Gasteiger partial charge in [0.2, 0.25) is 0 Å². The molecule has 1 saturated heterocycles. The largest absolute Gasteiger partial charge is 0.385 e. The minimum Gasteiger partial charge on any atom is -0.385 e. The maximum absolute atomic E-state index is 12.9. The van der Waals surface area contributed by atoms with Gasteiger partial charge in [0.15, 0.2) is 0 Å². The molecule has 0 amide bonds. The smallest absolute Gasteiger partial charge is 0.141 e. The van der Waals surface area contributed by atoms with Crippen molar-refractivity contribution in [1.82, 2.24) is 5.32 Å². The Morgan fingerprint density at radius 1 is 1.50 bits per heavy atom. The molecule has 1 aromatic carbocycles. The van der Waals surface area contributed by atoms with Crippen LogP contribution in [0.5, 0.6) is 0 Å². The van der Waals surface area contributed by atoms with Crippen LogP contribution >= 0.6 is 11.6 Å². The first-order valence-electron chi connectivity index (χ1n) is 5.65. The van der Waals surface area contributed by atoms with Crippen molar-refractivity contribution in [3.8, 4) is 0 Å². The zero-order chi connectivity index (χ0) is 11.4. The van der Waals surface area contributed by atoms with E-state index >= 15 is 0 Å². The summed E-state index contributed by atoms with van der Waals surface area (Å²) in [4.78, 5) is 0. The lowest BCUT2D eigenvalue weighted by Gasteiger charge is -2.23. The molecule has 16 heavy (non-hydrogen) atoms. The van der Waals surface area contributed by atoms with Gasteiger partial charge in [0.25, 0.3) is 0 Å². The van der Waals surface area contributed by atoms with Crippen LogP contribution in [0.4, 0.5) is 10.1 Å². The zero-order valence-corrected chi connectivity index (χ0v) is 9.86. The molecule has 1 unspecified atom stereocenters. The van der Waals surface area contributed by atoms with E-state index in [4.69, 9.17) is 11.6 Å². The van der Waals surface area contributed by atoms with Gasteiger partial charge in [-0.15, -0.1) is 0 Å². The molecule has 1 aliphatic heterocycles. The molecule has 0 saturated carbocycles. The summed E-state index contributed by atoms with van der Waals surface area (Å²) in [5.41, 5.74) is 0.886. The van der Waals surface area contributed by atoms with Crippen molar-refractivity contribution in [2.75, 3.05) is 25.0 Å². The molecular formula is C12H16ClFN2. The van der Waals surface area contributed by atoms with Crippen LogP contribution in [0, 0.1) is 11.7 Å². The second-order valence-electron chi connectivity index (χ2n) is 4.22. The first-order valence-corrected chi connectivity index (χ1v) is 6.03. The fourth-order valence-electron chi connectivity index (χ4n) is 1.97. The molecule has 2 rings (SSSR count). The second-order valence-corrected chi connectivity index (χ2v) is 4.63. The van der Waals surface area contributed by atoms with Gasteiger partial charge in [-0.25, -0.2) is 4.39 Å². The van der Waals surface area contributed by atoms with Crippen LogP contribution in [0.15, 0.2) is 18.2 Å². The van der Waals surface area contributed by atoms with Crippen LogP contribution in [-0.2, 0) is 0 Å². The van der Waals surface area contributed by atoms with E-state index in [2.05, 4.69) is 10.6 Å². The van der Waals surface area contributed by atoms with E-state index in [1.807, 2.05) is 0 Å². The van der Waals surface area contributed by atoms with Gasteiger partial charge < -0.3 is 10.6 Å². The predicted molar refractivity (Wildman–Crippen MR) is 65.5 cm³/mol. The molecule has 2 N–H and O–H groups in total. The van der Waals surface area contributed by atoms with Crippen molar-refractivity contribution in [3.05, 3.63) is 29.0 Å². The number of piperidine rings is 1. The Balaban J connectivity index is 1.86. The first kappa shape index (κ1) is 11.7. The van der Waals surface area contributed by atoms with E-state index in [-0.39, 0.29) is 10.8 Å². The van der Waals surface area contributed by atoms with Gasteiger partial charge in [0.1, 0.15) is 5.82 Å². The quantitative estimate of drug-likeness (QED) is 0.852. The molecule has 1 heterocycles. The highest BCUT2D eigenvalue weighted by atomic mass is 35.5. The number of benzene rings is 1. The highest BCUT2D eigenvalue weighted by Crippen LogP contribution is 2.20. The second kappa shape index (κ2) is 5.51. The highest BCUT2D eigenvalue weighted by molar-refractivity contribution is 6.31. The fraction of sp³-hybridized carbons (Fsp3) is 0.500. The molecule has 1 aliphatic rings. The Kier molecular flexibility index (Phi) is 4.02. The standard InChI is InChI=1S/C12H16ClFN2/c13-11-6-10(3-4-12(11)14)16-8-9-2-1-5-15-7-9/h3-4,6,9,15-16H,1-2,5,7-8H2. The first-order chi connectivity index (χ1) is 7.75. The van der Waals surface area contributed by atoms with E-state index in [1.165, 1.54) is 18.9 Å². The van der Waals surface area contributed by atoms with Gasteiger partial charge in [0.05, 0.1) is 5.02 Å². The number of nitrogens with one attached hydrogen (secondary N) is 2. The number of halogens is 2. The predicted octanol–water partition coefficient (Wildman–Crippen LogP) is 2.89. The summed E-state index contributed by atoms with van der Waals surface area (Å²) in [6.45, 7) is 3.09. The van der Waals surface area contributed by atoms with Crippen LogP contribution in [0.2, 0.25) is 5.02 Å². The molecular weight excluding hydrogens is 227 g/mol. The molecule has 88 valence electrons. The molecule has 0 spiro atoms. The molecule has 0 aliphatic carbocycles. The van der Waals surface area contributed by atoms with E-state index in [0.717, 1.165) is 25.3 Å². The van der Waals surface area contributed by atoms with Gasteiger partial charge in [-0.1, -0.05) is 11.6 Å². The van der Waals surface area contributed by atoms with E-state index < -0.39 is 0 Å². The number of rotatable bonds is 3. The summed E-state index contributed by atoms with van der Waals surface area (Å²) in [5.74, 6) is 0.282.